The van der Waals surface area contributed by atoms with E-state index in [-0.39, 0.29) is 0 Å². The summed E-state index contributed by atoms with van der Waals surface area (Å²) in [6, 6.07) is 12.4. The molecule has 0 aromatic heterocycles. The van der Waals surface area contributed by atoms with Crippen molar-refractivity contribution in [2.24, 2.45) is 23.7 Å². The van der Waals surface area contributed by atoms with Crippen LogP contribution in [0.25, 0.3) is 0 Å². The summed E-state index contributed by atoms with van der Waals surface area (Å²) >= 11 is 12.7. The third-order valence-electron chi connectivity index (χ3n) is 7.41. The molecule has 0 atom stereocenters. The summed E-state index contributed by atoms with van der Waals surface area (Å²) in [5.41, 5.74) is 2.15. The van der Waals surface area contributed by atoms with Crippen molar-refractivity contribution in [2.75, 3.05) is 6.61 Å². The van der Waals surface area contributed by atoms with Crippen LogP contribution in [0.1, 0.15) is 50.2 Å². The summed E-state index contributed by atoms with van der Waals surface area (Å²) in [4.78, 5) is 0. The van der Waals surface area contributed by atoms with Crippen LogP contribution in [0.15, 0.2) is 36.4 Å². The number of rotatable bonds is 8. The molecule has 0 spiro atoms. The Morgan fingerprint density at radius 1 is 0.903 bits per heavy atom. The minimum atomic E-state index is 0.395. The molecule has 0 heterocycles. The van der Waals surface area contributed by atoms with Crippen molar-refractivity contribution in [1.29, 1.82) is 0 Å². The lowest BCUT2D eigenvalue weighted by Crippen LogP contribution is -2.54. The van der Waals surface area contributed by atoms with Gasteiger partial charge in [-0.15, -0.1) is 0 Å². The molecule has 166 valence electrons. The van der Waals surface area contributed by atoms with Gasteiger partial charge >= 0.3 is 0 Å². The number of nitrogens with one attached hydrogen (secondary N) is 1. The van der Waals surface area contributed by atoms with Gasteiger partial charge in [-0.2, -0.15) is 0 Å². The summed E-state index contributed by atoms with van der Waals surface area (Å²) in [6.45, 7) is 3.76. The Bertz CT molecular complexity index is 904. The molecule has 4 bridgehead atoms. The number of benzene rings is 2. The molecule has 0 aliphatic heterocycles. The molecule has 6 rings (SSSR count). The fourth-order valence-electron chi connectivity index (χ4n) is 6.40. The van der Waals surface area contributed by atoms with Crippen molar-refractivity contribution in [1.82, 2.24) is 5.32 Å². The van der Waals surface area contributed by atoms with Crippen LogP contribution in [-0.4, -0.2) is 12.6 Å². The SMILES string of the molecule is CCOc1cc(CNC2C3CC4CC(C3)CC2C4)cc(Cl)c1OCc1cccc(Cl)c1. The van der Waals surface area contributed by atoms with Gasteiger partial charge < -0.3 is 14.8 Å². The standard InChI is InChI=1S/C26H31Cl2NO2/c1-2-30-24-13-19(12-23(28)26(24)31-15-16-4-3-5-22(27)11-16)14-29-25-20-7-17-6-18(9-20)10-21(25)8-17/h3-5,11-13,17-18,20-21,25,29H,2,6-10,14-15H2,1H3. The number of hydrogen-bond donors (Lipinski definition) is 1. The van der Waals surface area contributed by atoms with Gasteiger partial charge in [-0.25, -0.2) is 0 Å². The van der Waals surface area contributed by atoms with Crippen LogP contribution in [0.2, 0.25) is 10.0 Å². The van der Waals surface area contributed by atoms with Gasteiger partial charge in [-0.1, -0.05) is 35.3 Å². The first-order chi connectivity index (χ1) is 15.1. The molecule has 0 radical (unpaired) electrons. The zero-order valence-electron chi connectivity index (χ0n) is 18.1. The lowest BCUT2D eigenvalue weighted by Gasteiger charge is -2.54. The van der Waals surface area contributed by atoms with E-state index in [0.29, 0.717) is 40.8 Å². The third-order valence-corrected chi connectivity index (χ3v) is 7.93. The van der Waals surface area contributed by atoms with E-state index in [1.54, 1.807) is 0 Å². The van der Waals surface area contributed by atoms with Crippen molar-refractivity contribution >= 4 is 23.2 Å². The summed E-state index contributed by atoms with van der Waals surface area (Å²) in [7, 11) is 0. The average Bonchev–Trinajstić information content (AvgIpc) is 2.72. The predicted molar refractivity (Wildman–Crippen MR) is 126 cm³/mol. The smallest absolute Gasteiger partial charge is 0.180 e. The molecule has 1 N–H and O–H groups in total. The Balaban J connectivity index is 1.27. The zero-order chi connectivity index (χ0) is 21.4. The lowest BCUT2D eigenvalue weighted by atomic mass is 9.54. The average molecular weight is 460 g/mol. The van der Waals surface area contributed by atoms with Crippen LogP contribution in [-0.2, 0) is 13.2 Å². The quantitative estimate of drug-likeness (QED) is 0.466. The third kappa shape index (κ3) is 4.69. The number of ether oxygens (including phenoxy) is 2. The van der Waals surface area contributed by atoms with Crippen LogP contribution in [0.4, 0.5) is 0 Å². The van der Waals surface area contributed by atoms with Gasteiger partial charge in [0, 0.05) is 17.6 Å². The minimum absolute atomic E-state index is 0.395. The number of hydrogen-bond acceptors (Lipinski definition) is 3. The Morgan fingerprint density at radius 2 is 1.65 bits per heavy atom. The van der Waals surface area contributed by atoms with Crippen LogP contribution >= 0.6 is 23.2 Å². The molecule has 4 saturated carbocycles. The van der Waals surface area contributed by atoms with E-state index in [9.17, 15) is 0 Å². The maximum atomic E-state index is 6.65. The predicted octanol–water partition coefficient (Wildman–Crippen LogP) is 6.89. The minimum Gasteiger partial charge on any atom is -0.490 e. The van der Waals surface area contributed by atoms with Crippen LogP contribution < -0.4 is 14.8 Å². The summed E-state index contributed by atoms with van der Waals surface area (Å²) in [5, 5.41) is 5.18. The fraction of sp³-hybridized carbons (Fsp3) is 0.538. The fourth-order valence-corrected chi connectivity index (χ4v) is 6.90. The lowest BCUT2D eigenvalue weighted by molar-refractivity contribution is -0.0142. The van der Waals surface area contributed by atoms with Gasteiger partial charge in [-0.3, -0.25) is 0 Å². The molecule has 2 aromatic carbocycles. The van der Waals surface area contributed by atoms with Crippen molar-refractivity contribution in [3.8, 4) is 11.5 Å². The summed E-state index contributed by atoms with van der Waals surface area (Å²) in [6.07, 6.45) is 7.18. The Hall–Kier alpha value is -1.42. The summed E-state index contributed by atoms with van der Waals surface area (Å²) < 4.78 is 11.9. The van der Waals surface area contributed by atoms with Gasteiger partial charge in [0.05, 0.1) is 11.6 Å². The van der Waals surface area contributed by atoms with E-state index in [1.165, 1.54) is 32.1 Å². The molecular weight excluding hydrogens is 429 g/mol. The van der Waals surface area contributed by atoms with Gasteiger partial charge in [0.15, 0.2) is 11.5 Å². The normalized spacial score (nSPS) is 28.7. The van der Waals surface area contributed by atoms with Crippen molar-refractivity contribution in [3.63, 3.8) is 0 Å². The van der Waals surface area contributed by atoms with Crippen LogP contribution in [0.3, 0.4) is 0 Å². The van der Waals surface area contributed by atoms with Crippen molar-refractivity contribution in [2.45, 2.75) is 58.2 Å². The molecule has 0 saturated heterocycles. The zero-order valence-corrected chi connectivity index (χ0v) is 19.6. The molecule has 2 aromatic rings. The first-order valence-corrected chi connectivity index (χ1v) is 12.4. The van der Waals surface area contributed by atoms with Gasteiger partial charge in [0.25, 0.3) is 0 Å². The van der Waals surface area contributed by atoms with E-state index in [0.717, 1.165) is 41.3 Å². The van der Waals surface area contributed by atoms with E-state index in [4.69, 9.17) is 32.7 Å². The van der Waals surface area contributed by atoms with Gasteiger partial charge in [0.1, 0.15) is 6.61 Å². The van der Waals surface area contributed by atoms with Gasteiger partial charge in [-0.05, 0) is 98.1 Å². The maximum Gasteiger partial charge on any atom is 0.180 e. The highest BCUT2D eigenvalue weighted by Gasteiger charge is 2.47. The molecule has 0 unspecified atom stereocenters. The van der Waals surface area contributed by atoms with E-state index >= 15 is 0 Å². The molecule has 4 aliphatic rings. The van der Waals surface area contributed by atoms with Gasteiger partial charge in [0.2, 0.25) is 0 Å². The molecule has 3 nitrogen and oxygen atoms in total. The maximum absolute atomic E-state index is 6.65. The molecule has 4 fully saturated rings. The Morgan fingerprint density at radius 3 is 2.32 bits per heavy atom. The van der Waals surface area contributed by atoms with Crippen molar-refractivity contribution < 1.29 is 9.47 Å². The highest BCUT2D eigenvalue weighted by Crippen LogP contribution is 2.53. The molecular formula is C26H31Cl2NO2. The molecule has 5 heteroatoms. The Kier molecular flexibility index (Phi) is 6.37. The largest absolute Gasteiger partial charge is 0.490 e. The molecule has 4 aliphatic carbocycles. The number of halogens is 2. The second-order valence-corrected chi connectivity index (χ2v) is 10.4. The Labute approximate surface area is 195 Å². The topological polar surface area (TPSA) is 30.5 Å². The summed E-state index contributed by atoms with van der Waals surface area (Å²) in [5.74, 6) is 5.02. The first-order valence-electron chi connectivity index (χ1n) is 11.6. The van der Waals surface area contributed by atoms with E-state index in [2.05, 4.69) is 11.4 Å². The highest BCUT2D eigenvalue weighted by atomic mass is 35.5. The monoisotopic (exact) mass is 459 g/mol. The first kappa shape index (κ1) is 21.4. The second kappa shape index (κ2) is 9.21. The van der Waals surface area contributed by atoms with Crippen LogP contribution in [0.5, 0.6) is 11.5 Å². The van der Waals surface area contributed by atoms with Crippen LogP contribution in [0, 0.1) is 23.7 Å². The van der Waals surface area contributed by atoms with E-state index in [1.807, 2.05) is 37.3 Å². The molecule has 31 heavy (non-hydrogen) atoms. The second-order valence-electron chi connectivity index (χ2n) is 9.59. The van der Waals surface area contributed by atoms with E-state index < -0.39 is 0 Å². The van der Waals surface area contributed by atoms with Crippen molar-refractivity contribution in [3.05, 3.63) is 57.6 Å². The molecule has 0 amide bonds. The highest BCUT2D eigenvalue weighted by molar-refractivity contribution is 6.32.